The monoisotopic (exact) mass is 758 g/mol. The first kappa shape index (κ1) is 41.8. The average Bonchev–Trinajstić information content (AvgIpc) is 3.42. The van der Waals surface area contributed by atoms with Gasteiger partial charge >= 0.3 is 0 Å². The van der Waals surface area contributed by atoms with Crippen molar-refractivity contribution in [2.75, 3.05) is 13.2 Å². The summed E-state index contributed by atoms with van der Waals surface area (Å²) >= 11 is 0. The molecule has 10 N–H and O–H groups in total. The highest BCUT2D eigenvalue weighted by Gasteiger charge is 2.65. The third-order valence-corrected chi connectivity index (χ3v) is 14.7. The van der Waals surface area contributed by atoms with Gasteiger partial charge in [-0.25, -0.2) is 0 Å². The minimum absolute atomic E-state index is 0.0794. The van der Waals surface area contributed by atoms with Crippen LogP contribution in [-0.4, -0.2) is 150 Å². The minimum atomic E-state index is -1.59. The zero-order chi connectivity index (χ0) is 38.7. The molecular formula is C39H66O14. The Labute approximate surface area is 312 Å². The van der Waals surface area contributed by atoms with E-state index in [-0.39, 0.29) is 41.4 Å². The minimum Gasteiger partial charge on any atom is -0.394 e. The second kappa shape index (κ2) is 16.2. The van der Waals surface area contributed by atoms with Crippen LogP contribution in [-0.2, 0) is 18.9 Å². The van der Waals surface area contributed by atoms with Gasteiger partial charge in [-0.15, -0.1) is 0 Å². The molecule has 6 aliphatic rings. The van der Waals surface area contributed by atoms with Crippen LogP contribution in [0.3, 0.4) is 0 Å². The summed E-state index contributed by atoms with van der Waals surface area (Å²) in [5.41, 5.74) is 0.176. The van der Waals surface area contributed by atoms with Gasteiger partial charge in [0.25, 0.3) is 0 Å². The third kappa shape index (κ3) is 7.42. The quantitative estimate of drug-likeness (QED) is 0.124. The molecule has 0 spiro atoms. The summed E-state index contributed by atoms with van der Waals surface area (Å²) in [6, 6.07) is 0. The predicted molar refractivity (Wildman–Crippen MR) is 188 cm³/mol. The maximum absolute atomic E-state index is 11.6. The van der Waals surface area contributed by atoms with Crippen molar-refractivity contribution in [2.24, 2.45) is 46.3 Å². The van der Waals surface area contributed by atoms with Gasteiger partial charge in [-0.2, -0.15) is 0 Å². The van der Waals surface area contributed by atoms with Crippen LogP contribution in [0.2, 0.25) is 0 Å². The first-order valence-corrected chi connectivity index (χ1v) is 19.9. The van der Waals surface area contributed by atoms with Crippen molar-refractivity contribution in [2.45, 2.75) is 172 Å². The number of fused-ring (bicyclic) bond motifs is 5. The normalized spacial score (nSPS) is 51.2. The number of ether oxygens (including phenoxy) is 4. The van der Waals surface area contributed by atoms with Gasteiger partial charge < -0.3 is 70.0 Å². The van der Waals surface area contributed by atoms with Crippen molar-refractivity contribution in [3.05, 3.63) is 11.6 Å². The van der Waals surface area contributed by atoms with E-state index in [0.29, 0.717) is 25.2 Å². The fourth-order valence-electron chi connectivity index (χ4n) is 11.7. The molecular weight excluding hydrogens is 692 g/mol. The van der Waals surface area contributed by atoms with E-state index in [1.807, 2.05) is 0 Å². The Morgan fingerprint density at radius 2 is 1.36 bits per heavy atom. The molecule has 2 heterocycles. The van der Waals surface area contributed by atoms with Crippen LogP contribution in [0.25, 0.3) is 0 Å². The topological polar surface area (TPSA) is 239 Å². The van der Waals surface area contributed by atoms with E-state index in [4.69, 9.17) is 18.9 Å². The molecule has 13 unspecified atom stereocenters. The Bertz CT molecular complexity index is 1260. The summed E-state index contributed by atoms with van der Waals surface area (Å²) in [5.74, 6) is 0.371. The molecule has 306 valence electrons. The van der Waals surface area contributed by atoms with Gasteiger partial charge in [-0.1, -0.05) is 46.3 Å². The van der Waals surface area contributed by atoms with E-state index < -0.39 is 104 Å². The van der Waals surface area contributed by atoms with E-state index in [0.717, 1.165) is 31.3 Å². The Kier molecular flexibility index (Phi) is 12.8. The number of hydrogen-bond donors (Lipinski definition) is 10. The van der Waals surface area contributed by atoms with Gasteiger partial charge in [0.2, 0.25) is 0 Å². The fourth-order valence-corrected chi connectivity index (χ4v) is 11.7. The van der Waals surface area contributed by atoms with Crippen LogP contribution < -0.4 is 0 Å². The van der Waals surface area contributed by atoms with Gasteiger partial charge in [-0.3, -0.25) is 0 Å². The van der Waals surface area contributed by atoms with Gasteiger partial charge in [0.15, 0.2) is 12.6 Å². The molecule has 14 heteroatoms. The average molecular weight is 759 g/mol. The van der Waals surface area contributed by atoms with Crippen molar-refractivity contribution in [3.63, 3.8) is 0 Å². The van der Waals surface area contributed by atoms with Crippen molar-refractivity contribution >= 4 is 0 Å². The Morgan fingerprint density at radius 3 is 1.92 bits per heavy atom. The molecule has 0 radical (unpaired) electrons. The van der Waals surface area contributed by atoms with E-state index in [1.165, 1.54) is 0 Å². The summed E-state index contributed by atoms with van der Waals surface area (Å²) in [7, 11) is 0. The van der Waals surface area contributed by atoms with Gasteiger partial charge in [-0.05, 0) is 85.9 Å². The zero-order valence-electron chi connectivity index (χ0n) is 31.8. The predicted octanol–water partition coefficient (Wildman–Crippen LogP) is -0.0505. The highest BCUT2D eigenvalue weighted by Crippen LogP contribution is 2.68. The van der Waals surface area contributed by atoms with Crippen LogP contribution in [0.5, 0.6) is 0 Å². The number of aliphatic hydroxyl groups excluding tert-OH is 10. The lowest BCUT2D eigenvalue weighted by Crippen LogP contribution is -2.62. The lowest BCUT2D eigenvalue weighted by molar-refractivity contribution is -0.324. The zero-order valence-corrected chi connectivity index (χ0v) is 31.8. The van der Waals surface area contributed by atoms with E-state index in [9.17, 15) is 51.1 Å². The molecule has 6 rings (SSSR count). The standard InChI is InChI=1S/C39H66O14/c1-17(2)6-9-24(43)18(3)29-25(50-36-34(48)32(46)30(44)26(15-40)51-36)14-23-21-8-7-19-12-20(42)13-28(39(19,5)22(21)10-11-38(23,29)4)53-37-35(49)33(47)31(45)27(16-41)52-37/h7,17-18,20-37,40-49H,6,8-16H2,1-5H3/t18-,20-,21?,22?,23?,24?,25?,26?,27?,28?,29?,30-,31-,32?,33?,34?,35?,36-,37+,38+,39+/m1/s1. The van der Waals surface area contributed by atoms with Crippen molar-refractivity contribution in [3.8, 4) is 0 Å². The number of allylic oxidation sites excluding steroid dienone is 1. The molecule has 3 saturated carbocycles. The van der Waals surface area contributed by atoms with E-state index in [1.54, 1.807) is 0 Å². The highest BCUT2D eigenvalue weighted by molar-refractivity contribution is 5.28. The van der Waals surface area contributed by atoms with Gasteiger partial charge in [0.05, 0.1) is 37.6 Å². The molecule has 0 bridgehead atoms. The van der Waals surface area contributed by atoms with Crippen LogP contribution in [0.4, 0.5) is 0 Å². The molecule has 4 aliphatic carbocycles. The summed E-state index contributed by atoms with van der Waals surface area (Å²) < 4.78 is 24.8. The molecule has 0 aromatic rings. The Balaban J connectivity index is 1.31. The van der Waals surface area contributed by atoms with Crippen LogP contribution in [0.1, 0.15) is 86.0 Å². The van der Waals surface area contributed by atoms with E-state index >= 15 is 0 Å². The van der Waals surface area contributed by atoms with Crippen LogP contribution in [0, 0.1) is 46.3 Å². The summed E-state index contributed by atoms with van der Waals surface area (Å²) in [6.45, 7) is 9.58. The number of aliphatic hydroxyl groups is 10. The second-order valence-corrected chi connectivity index (χ2v) is 18.1. The largest absolute Gasteiger partial charge is 0.394 e. The van der Waals surface area contributed by atoms with Gasteiger partial charge in [0, 0.05) is 11.8 Å². The summed E-state index contributed by atoms with van der Waals surface area (Å²) in [5, 5.41) is 106. The summed E-state index contributed by atoms with van der Waals surface area (Å²) in [4.78, 5) is 0. The molecule has 21 atom stereocenters. The highest BCUT2D eigenvalue weighted by atomic mass is 16.7. The van der Waals surface area contributed by atoms with Crippen LogP contribution in [0.15, 0.2) is 11.6 Å². The SMILES string of the molecule is CC(C)CCC(O)[C@@H](C)C1C(O[C@@H]2OC(CO)[C@@H](O)C(O)C2O)CC2C3CC=C4C[C@@H](O)CC(O[C@@H]5OC(CO)[C@@H](O)C(O)C5O)[C@]4(C)C3CC[C@@]21C. The van der Waals surface area contributed by atoms with Gasteiger partial charge in [0.1, 0.15) is 48.8 Å². The molecule has 14 nitrogen and oxygen atoms in total. The smallest absolute Gasteiger partial charge is 0.187 e. The molecule has 0 amide bonds. The Morgan fingerprint density at radius 1 is 0.774 bits per heavy atom. The van der Waals surface area contributed by atoms with Crippen molar-refractivity contribution in [1.82, 2.24) is 0 Å². The molecule has 2 aliphatic heterocycles. The van der Waals surface area contributed by atoms with E-state index in [2.05, 4.69) is 40.7 Å². The number of rotatable bonds is 11. The molecule has 5 fully saturated rings. The molecule has 0 aromatic heterocycles. The lowest BCUT2D eigenvalue weighted by Gasteiger charge is -2.60. The maximum Gasteiger partial charge on any atom is 0.187 e. The van der Waals surface area contributed by atoms with Crippen molar-refractivity contribution < 1.29 is 70.0 Å². The second-order valence-electron chi connectivity index (χ2n) is 18.1. The van der Waals surface area contributed by atoms with Crippen molar-refractivity contribution in [1.29, 1.82) is 0 Å². The number of hydrogen-bond acceptors (Lipinski definition) is 14. The maximum atomic E-state index is 11.6. The molecule has 2 saturated heterocycles. The first-order chi connectivity index (χ1) is 25.0. The third-order valence-electron chi connectivity index (χ3n) is 14.7. The Hall–Kier alpha value is -0.820. The lowest BCUT2D eigenvalue weighted by atomic mass is 9.46. The first-order valence-electron chi connectivity index (χ1n) is 19.9. The fraction of sp³-hybridized carbons (Fsp3) is 0.949. The summed E-state index contributed by atoms with van der Waals surface area (Å²) in [6.07, 6.45) is -9.27. The molecule has 53 heavy (non-hydrogen) atoms. The molecule has 0 aromatic carbocycles. The van der Waals surface area contributed by atoms with Crippen LogP contribution >= 0.6 is 0 Å².